The molecule has 28 heavy (non-hydrogen) atoms. The molecule has 1 atom stereocenters. The number of hydrogen-bond acceptors (Lipinski definition) is 5. The van der Waals surface area contributed by atoms with Gasteiger partial charge in [0.1, 0.15) is 11.5 Å². The molecular weight excluding hydrogens is 358 g/mol. The third kappa shape index (κ3) is 6.01. The Morgan fingerprint density at radius 2 is 1.68 bits per heavy atom. The van der Waals surface area contributed by atoms with E-state index in [0.717, 1.165) is 0 Å². The third-order valence-electron chi connectivity index (χ3n) is 4.09. The van der Waals surface area contributed by atoms with Gasteiger partial charge in [-0.2, -0.15) is 0 Å². The zero-order valence-electron chi connectivity index (χ0n) is 16.9. The Balaban J connectivity index is 1.84. The molecule has 2 aromatic rings. The lowest BCUT2D eigenvalue weighted by molar-refractivity contribution is -0.153. The van der Waals surface area contributed by atoms with Crippen LogP contribution in [0.3, 0.4) is 0 Å². The van der Waals surface area contributed by atoms with Crippen LogP contribution in [-0.2, 0) is 19.7 Å². The van der Waals surface area contributed by atoms with Gasteiger partial charge in [-0.15, -0.1) is 0 Å². The first-order chi connectivity index (χ1) is 13.2. The van der Waals surface area contributed by atoms with Gasteiger partial charge in [-0.3, -0.25) is 4.79 Å². The predicted octanol–water partition coefficient (Wildman–Crippen LogP) is 3.94. The summed E-state index contributed by atoms with van der Waals surface area (Å²) in [7, 11) is 1.51. The van der Waals surface area contributed by atoms with Crippen LogP contribution < -0.4 is 14.8 Å². The smallest absolute Gasteiger partial charge is 0.347 e. The minimum absolute atomic E-state index is 0.0396. The van der Waals surface area contributed by atoms with Crippen LogP contribution in [0.15, 0.2) is 48.5 Å². The molecular formula is C22H27NO5. The van der Waals surface area contributed by atoms with Crippen molar-refractivity contribution in [2.45, 2.75) is 39.2 Å². The first-order valence-electron chi connectivity index (χ1n) is 9.07. The molecule has 0 aliphatic rings. The Labute approximate surface area is 165 Å². The maximum atomic E-state index is 12.1. The molecule has 0 fully saturated rings. The number of nitrogens with one attached hydrogen (secondary N) is 1. The predicted molar refractivity (Wildman–Crippen MR) is 108 cm³/mol. The van der Waals surface area contributed by atoms with E-state index < -0.39 is 24.6 Å². The molecule has 6 heteroatoms. The molecule has 2 rings (SSSR count). The van der Waals surface area contributed by atoms with E-state index in [1.54, 1.807) is 31.2 Å². The van der Waals surface area contributed by atoms with Crippen molar-refractivity contribution in [1.29, 1.82) is 0 Å². The fourth-order valence-corrected chi connectivity index (χ4v) is 2.47. The molecule has 1 N–H and O–H groups in total. The zero-order valence-corrected chi connectivity index (χ0v) is 16.9. The van der Waals surface area contributed by atoms with Crippen LogP contribution in [0.1, 0.15) is 33.3 Å². The summed E-state index contributed by atoms with van der Waals surface area (Å²) in [6.45, 7) is 7.54. The second-order valence-electron chi connectivity index (χ2n) is 7.39. The Bertz CT molecular complexity index is 808. The van der Waals surface area contributed by atoms with Crippen molar-refractivity contribution in [3.8, 4) is 11.5 Å². The van der Waals surface area contributed by atoms with E-state index in [-0.39, 0.29) is 5.41 Å². The van der Waals surface area contributed by atoms with E-state index in [0.29, 0.717) is 17.2 Å². The summed E-state index contributed by atoms with van der Waals surface area (Å²) >= 11 is 0. The van der Waals surface area contributed by atoms with Gasteiger partial charge in [0, 0.05) is 0 Å². The Morgan fingerprint density at radius 3 is 2.29 bits per heavy atom. The minimum atomic E-state index is -0.834. The van der Waals surface area contributed by atoms with Crippen LogP contribution in [-0.4, -0.2) is 31.7 Å². The third-order valence-corrected chi connectivity index (χ3v) is 4.09. The summed E-state index contributed by atoms with van der Waals surface area (Å²) in [6, 6.07) is 14.6. The molecule has 0 radical (unpaired) electrons. The second-order valence-corrected chi connectivity index (χ2v) is 7.39. The van der Waals surface area contributed by atoms with Gasteiger partial charge in [0.25, 0.3) is 5.91 Å². The van der Waals surface area contributed by atoms with E-state index in [1.165, 1.54) is 12.7 Å². The maximum absolute atomic E-state index is 12.1. The van der Waals surface area contributed by atoms with E-state index in [2.05, 4.69) is 26.1 Å². The number of amides is 1. The van der Waals surface area contributed by atoms with E-state index in [9.17, 15) is 9.59 Å². The normalized spacial score (nSPS) is 12.0. The van der Waals surface area contributed by atoms with Crippen molar-refractivity contribution in [3.63, 3.8) is 0 Å². The molecule has 0 saturated heterocycles. The Morgan fingerprint density at radius 1 is 1.04 bits per heavy atom. The van der Waals surface area contributed by atoms with Crippen molar-refractivity contribution in [2.75, 3.05) is 19.0 Å². The highest BCUT2D eigenvalue weighted by Crippen LogP contribution is 2.25. The molecule has 150 valence electrons. The first kappa shape index (κ1) is 21.3. The maximum Gasteiger partial charge on any atom is 0.347 e. The van der Waals surface area contributed by atoms with Crippen LogP contribution in [0.2, 0.25) is 0 Å². The van der Waals surface area contributed by atoms with Crippen molar-refractivity contribution in [2.24, 2.45) is 0 Å². The lowest BCUT2D eigenvalue weighted by Gasteiger charge is -2.20. The van der Waals surface area contributed by atoms with Gasteiger partial charge >= 0.3 is 5.97 Å². The molecule has 0 heterocycles. The molecule has 0 bridgehead atoms. The SMILES string of the molecule is COc1ccccc1NC(=O)COC(=O)[C@H](C)Oc1ccc(C(C)(C)C)cc1. The molecule has 6 nitrogen and oxygen atoms in total. The second kappa shape index (κ2) is 9.26. The molecule has 0 spiro atoms. The number of rotatable bonds is 7. The Kier molecular flexibility index (Phi) is 7.04. The molecule has 0 aliphatic heterocycles. The number of para-hydroxylation sites is 2. The number of carbonyl (C=O) groups is 2. The van der Waals surface area contributed by atoms with Crippen molar-refractivity contribution in [3.05, 3.63) is 54.1 Å². The first-order valence-corrected chi connectivity index (χ1v) is 9.07. The minimum Gasteiger partial charge on any atom is -0.495 e. The summed E-state index contributed by atoms with van der Waals surface area (Å²) in [5.41, 5.74) is 1.72. The van der Waals surface area contributed by atoms with Gasteiger partial charge in [-0.1, -0.05) is 45.0 Å². The van der Waals surface area contributed by atoms with Crippen LogP contribution in [0.4, 0.5) is 5.69 Å². The van der Waals surface area contributed by atoms with Crippen LogP contribution in [0.25, 0.3) is 0 Å². The Hall–Kier alpha value is -3.02. The standard InChI is InChI=1S/C22H27NO5/c1-15(28-17-12-10-16(11-13-17)22(2,3)4)21(25)27-14-20(24)23-18-8-6-7-9-19(18)26-5/h6-13,15H,14H2,1-5H3,(H,23,24)/t15-/m0/s1. The van der Waals surface area contributed by atoms with Gasteiger partial charge in [0.05, 0.1) is 12.8 Å². The number of carbonyl (C=O) groups excluding carboxylic acids is 2. The van der Waals surface area contributed by atoms with Gasteiger partial charge in [-0.05, 0) is 42.2 Å². The highest BCUT2D eigenvalue weighted by Gasteiger charge is 2.19. The van der Waals surface area contributed by atoms with E-state index in [4.69, 9.17) is 14.2 Å². The van der Waals surface area contributed by atoms with Gasteiger partial charge in [-0.25, -0.2) is 4.79 Å². The van der Waals surface area contributed by atoms with Crippen molar-refractivity contribution in [1.82, 2.24) is 0 Å². The highest BCUT2D eigenvalue weighted by atomic mass is 16.6. The molecule has 0 saturated carbocycles. The number of anilines is 1. The fourth-order valence-electron chi connectivity index (χ4n) is 2.47. The summed E-state index contributed by atoms with van der Waals surface area (Å²) < 4.78 is 15.8. The number of hydrogen-bond donors (Lipinski definition) is 1. The van der Waals surface area contributed by atoms with Crippen molar-refractivity contribution >= 4 is 17.6 Å². The monoisotopic (exact) mass is 385 g/mol. The summed E-state index contributed by atoms with van der Waals surface area (Å²) in [4.78, 5) is 24.1. The average molecular weight is 385 g/mol. The molecule has 0 unspecified atom stereocenters. The number of benzene rings is 2. The molecule has 1 amide bonds. The average Bonchev–Trinajstić information content (AvgIpc) is 2.66. The van der Waals surface area contributed by atoms with Crippen LogP contribution >= 0.6 is 0 Å². The summed E-state index contributed by atoms with van der Waals surface area (Å²) in [6.07, 6.45) is -0.834. The topological polar surface area (TPSA) is 73.9 Å². The largest absolute Gasteiger partial charge is 0.495 e. The molecule has 0 aromatic heterocycles. The van der Waals surface area contributed by atoms with E-state index in [1.807, 2.05) is 24.3 Å². The van der Waals surface area contributed by atoms with Gasteiger partial charge in [0.15, 0.2) is 12.7 Å². The lowest BCUT2D eigenvalue weighted by atomic mass is 9.87. The van der Waals surface area contributed by atoms with E-state index >= 15 is 0 Å². The molecule has 0 aliphatic carbocycles. The van der Waals surface area contributed by atoms with Gasteiger partial charge in [0.2, 0.25) is 0 Å². The number of methoxy groups -OCH3 is 1. The lowest BCUT2D eigenvalue weighted by Crippen LogP contribution is -2.29. The molecule has 2 aromatic carbocycles. The quantitative estimate of drug-likeness (QED) is 0.731. The van der Waals surface area contributed by atoms with Crippen LogP contribution in [0.5, 0.6) is 11.5 Å². The van der Waals surface area contributed by atoms with Crippen LogP contribution in [0, 0.1) is 0 Å². The number of ether oxygens (including phenoxy) is 3. The number of esters is 1. The summed E-state index contributed by atoms with van der Waals surface area (Å²) in [5.74, 6) is 0.0168. The zero-order chi connectivity index (χ0) is 20.7. The summed E-state index contributed by atoms with van der Waals surface area (Å²) in [5, 5.41) is 2.64. The van der Waals surface area contributed by atoms with Crippen molar-refractivity contribution < 1.29 is 23.8 Å². The fraction of sp³-hybridized carbons (Fsp3) is 0.364. The highest BCUT2D eigenvalue weighted by molar-refractivity contribution is 5.94. The van der Waals surface area contributed by atoms with Gasteiger partial charge < -0.3 is 19.5 Å².